The van der Waals surface area contributed by atoms with Crippen molar-refractivity contribution in [2.24, 2.45) is 0 Å². The zero-order valence-corrected chi connectivity index (χ0v) is 19.8. The maximum Gasteiger partial charge on any atom is 0.230 e. The SMILES string of the molecule is COc1ccccc1-c1nnc(SCC(=O)N[C@@H](C)c2ccccc2)n1-c1ccc(Cl)cc1. The second kappa shape index (κ2) is 10.6. The number of hydrogen-bond donors (Lipinski definition) is 1. The van der Waals surface area contributed by atoms with Crippen LogP contribution in [0.4, 0.5) is 0 Å². The van der Waals surface area contributed by atoms with Crippen LogP contribution in [0.2, 0.25) is 5.02 Å². The number of benzene rings is 3. The van der Waals surface area contributed by atoms with Crippen molar-refractivity contribution in [3.05, 3.63) is 89.4 Å². The van der Waals surface area contributed by atoms with Gasteiger partial charge in [-0.15, -0.1) is 10.2 Å². The molecule has 168 valence electrons. The van der Waals surface area contributed by atoms with Gasteiger partial charge in [0, 0.05) is 10.7 Å². The second-order valence-corrected chi connectivity index (χ2v) is 8.69. The van der Waals surface area contributed by atoms with Crippen molar-refractivity contribution in [1.82, 2.24) is 20.1 Å². The van der Waals surface area contributed by atoms with Crippen LogP contribution in [0.3, 0.4) is 0 Å². The summed E-state index contributed by atoms with van der Waals surface area (Å²) in [5.74, 6) is 1.43. The Balaban J connectivity index is 1.60. The molecule has 4 rings (SSSR count). The van der Waals surface area contributed by atoms with E-state index in [0.29, 0.717) is 21.8 Å². The van der Waals surface area contributed by atoms with Crippen LogP contribution >= 0.6 is 23.4 Å². The van der Waals surface area contributed by atoms with Crippen molar-refractivity contribution in [3.8, 4) is 22.8 Å². The third-order valence-corrected chi connectivity index (χ3v) is 6.26. The zero-order valence-electron chi connectivity index (χ0n) is 18.2. The number of hydrogen-bond acceptors (Lipinski definition) is 5. The van der Waals surface area contributed by atoms with E-state index < -0.39 is 0 Å². The first kappa shape index (κ1) is 22.9. The Morgan fingerprint density at radius 3 is 2.45 bits per heavy atom. The summed E-state index contributed by atoms with van der Waals surface area (Å²) in [5, 5.41) is 13.1. The average molecular weight is 479 g/mol. The number of methoxy groups -OCH3 is 1. The topological polar surface area (TPSA) is 69.0 Å². The van der Waals surface area contributed by atoms with Gasteiger partial charge in [0.05, 0.1) is 24.5 Å². The van der Waals surface area contributed by atoms with Gasteiger partial charge in [-0.1, -0.05) is 65.8 Å². The molecule has 0 aliphatic carbocycles. The molecule has 0 unspecified atom stereocenters. The molecule has 1 atom stereocenters. The highest BCUT2D eigenvalue weighted by Crippen LogP contribution is 2.33. The van der Waals surface area contributed by atoms with Crippen molar-refractivity contribution >= 4 is 29.3 Å². The maximum atomic E-state index is 12.6. The molecule has 0 aliphatic heterocycles. The van der Waals surface area contributed by atoms with Gasteiger partial charge in [0.2, 0.25) is 5.91 Å². The summed E-state index contributed by atoms with van der Waals surface area (Å²) >= 11 is 7.42. The molecular formula is C25H23ClN4O2S. The number of amides is 1. The molecule has 0 spiro atoms. The van der Waals surface area contributed by atoms with Crippen molar-refractivity contribution in [2.45, 2.75) is 18.1 Å². The van der Waals surface area contributed by atoms with Crippen LogP contribution in [0.5, 0.6) is 5.75 Å². The van der Waals surface area contributed by atoms with Gasteiger partial charge in [-0.3, -0.25) is 9.36 Å². The number of carbonyl (C=O) groups is 1. The minimum Gasteiger partial charge on any atom is -0.496 e. The van der Waals surface area contributed by atoms with Crippen molar-refractivity contribution in [1.29, 1.82) is 0 Å². The van der Waals surface area contributed by atoms with E-state index in [9.17, 15) is 4.79 Å². The molecular weight excluding hydrogens is 456 g/mol. The second-order valence-electron chi connectivity index (χ2n) is 7.31. The van der Waals surface area contributed by atoms with Gasteiger partial charge in [0.15, 0.2) is 11.0 Å². The standard InChI is InChI=1S/C25H23ClN4O2S/c1-17(18-8-4-3-5-9-18)27-23(31)16-33-25-29-28-24(21-10-6-7-11-22(21)32-2)30(25)20-14-12-19(26)13-15-20/h3-15,17H,16H2,1-2H3,(H,27,31)/t17-/m0/s1. The van der Waals surface area contributed by atoms with Crippen LogP contribution in [0.1, 0.15) is 18.5 Å². The van der Waals surface area contributed by atoms with E-state index in [-0.39, 0.29) is 17.7 Å². The van der Waals surface area contributed by atoms with Crippen LogP contribution in [-0.4, -0.2) is 33.5 Å². The predicted octanol–water partition coefficient (Wildman–Crippen LogP) is 5.57. The van der Waals surface area contributed by atoms with E-state index in [1.165, 1.54) is 11.8 Å². The highest BCUT2D eigenvalue weighted by Gasteiger charge is 2.20. The lowest BCUT2D eigenvalue weighted by atomic mass is 10.1. The fraction of sp³-hybridized carbons (Fsp3) is 0.160. The third kappa shape index (κ3) is 5.38. The average Bonchev–Trinajstić information content (AvgIpc) is 3.27. The molecule has 4 aromatic rings. The molecule has 1 heterocycles. The van der Waals surface area contributed by atoms with Gasteiger partial charge in [0.1, 0.15) is 5.75 Å². The Morgan fingerprint density at radius 1 is 1.03 bits per heavy atom. The Labute approximate surface area is 202 Å². The highest BCUT2D eigenvalue weighted by molar-refractivity contribution is 7.99. The van der Waals surface area contributed by atoms with E-state index >= 15 is 0 Å². The number of halogens is 1. The maximum absolute atomic E-state index is 12.6. The first-order valence-electron chi connectivity index (χ1n) is 10.4. The zero-order chi connectivity index (χ0) is 23.2. The fourth-order valence-electron chi connectivity index (χ4n) is 3.43. The molecule has 0 saturated heterocycles. The number of carbonyl (C=O) groups excluding carboxylic acids is 1. The number of thioether (sulfide) groups is 1. The van der Waals surface area contributed by atoms with Gasteiger partial charge in [-0.05, 0) is 48.9 Å². The minimum absolute atomic E-state index is 0.0825. The Kier molecular flexibility index (Phi) is 7.32. The molecule has 8 heteroatoms. The lowest BCUT2D eigenvalue weighted by Gasteiger charge is -2.15. The Morgan fingerprint density at radius 2 is 1.73 bits per heavy atom. The lowest BCUT2D eigenvalue weighted by Crippen LogP contribution is -2.28. The quantitative estimate of drug-likeness (QED) is 0.335. The normalized spacial score (nSPS) is 11.7. The van der Waals surface area contributed by atoms with Crippen LogP contribution in [0.25, 0.3) is 17.1 Å². The van der Waals surface area contributed by atoms with Crippen molar-refractivity contribution in [3.63, 3.8) is 0 Å². The van der Waals surface area contributed by atoms with Gasteiger partial charge in [-0.25, -0.2) is 0 Å². The summed E-state index contributed by atoms with van der Waals surface area (Å²) < 4.78 is 7.44. The summed E-state index contributed by atoms with van der Waals surface area (Å²) in [6.45, 7) is 1.97. The summed E-state index contributed by atoms with van der Waals surface area (Å²) in [4.78, 5) is 12.6. The summed E-state index contributed by atoms with van der Waals surface area (Å²) in [7, 11) is 1.62. The van der Waals surface area contributed by atoms with E-state index in [2.05, 4.69) is 15.5 Å². The van der Waals surface area contributed by atoms with Crippen LogP contribution in [0.15, 0.2) is 84.0 Å². The van der Waals surface area contributed by atoms with Crippen LogP contribution < -0.4 is 10.1 Å². The number of ether oxygens (including phenoxy) is 1. The number of rotatable bonds is 8. The monoisotopic (exact) mass is 478 g/mol. The van der Waals surface area contributed by atoms with E-state index in [1.54, 1.807) is 7.11 Å². The number of nitrogens with one attached hydrogen (secondary N) is 1. The molecule has 1 amide bonds. The number of para-hydroxylation sites is 1. The third-order valence-electron chi connectivity index (χ3n) is 5.08. The molecule has 1 aromatic heterocycles. The number of aromatic nitrogens is 3. The molecule has 33 heavy (non-hydrogen) atoms. The Hall–Kier alpha value is -3.29. The Bertz CT molecular complexity index is 1230. The molecule has 0 radical (unpaired) electrons. The molecule has 0 saturated carbocycles. The van der Waals surface area contributed by atoms with E-state index in [4.69, 9.17) is 16.3 Å². The van der Waals surface area contributed by atoms with Crippen LogP contribution in [-0.2, 0) is 4.79 Å². The first-order valence-corrected chi connectivity index (χ1v) is 11.7. The van der Waals surface area contributed by atoms with E-state index in [0.717, 1.165) is 16.8 Å². The molecule has 0 fully saturated rings. The molecule has 3 aromatic carbocycles. The predicted molar refractivity (Wildman–Crippen MR) is 132 cm³/mol. The lowest BCUT2D eigenvalue weighted by molar-refractivity contribution is -0.119. The summed E-state index contributed by atoms with van der Waals surface area (Å²) in [5.41, 5.74) is 2.70. The van der Waals surface area contributed by atoms with Gasteiger partial charge in [-0.2, -0.15) is 0 Å². The van der Waals surface area contributed by atoms with Gasteiger partial charge in [0.25, 0.3) is 0 Å². The molecule has 1 N–H and O–H groups in total. The molecule has 6 nitrogen and oxygen atoms in total. The highest BCUT2D eigenvalue weighted by atomic mass is 35.5. The smallest absolute Gasteiger partial charge is 0.230 e. The molecule has 0 aliphatic rings. The van der Waals surface area contributed by atoms with Gasteiger partial charge >= 0.3 is 0 Å². The summed E-state index contributed by atoms with van der Waals surface area (Å²) in [6.07, 6.45) is 0. The van der Waals surface area contributed by atoms with E-state index in [1.807, 2.05) is 90.4 Å². The minimum atomic E-state index is -0.0856. The van der Waals surface area contributed by atoms with Gasteiger partial charge < -0.3 is 10.1 Å². The largest absolute Gasteiger partial charge is 0.496 e. The fourth-order valence-corrected chi connectivity index (χ4v) is 4.32. The first-order chi connectivity index (χ1) is 16.1. The van der Waals surface area contributed by atoms with Crippen molar-refractivity contribution in [2.75, 3.05) is 12.9 Å². The van der Waals surface area contributed by atoms with Crippen molar-refractivity contribution < 1.29 is 9.53 Å². The molecule has 0 bridgehead atoms. The number of nitrogens with zero attached hydrogens (tertiary/aromatic N) is 3. The summed E-state index contributed by atoms with van der Waals surface area (Å²) in [6, 6.07) is 24.8. The van der Waals surface area contributed by atoms with Crippen LogP contribution in [0, 0.1) is 0 Å².